The van der Waals surface area contributed by atoms with Crippen molar-refractivity contribution in [3.63, 3.8) is 0 Å². The number of hydrogen-bond acceptors (Lipinski definition) is 5. The Kier molecular flexibility index (Phi) is 6.73. The predicted octanol–water partition coefficient (Wildman–Crippen LogP) is 5.55. The molecular formula is C25H21F2NO5. The van der Waals surface area contributed by atoms with Crippen molar-refractivity contribution in [3.05, 3.63) is 89.9 Å². The van der Waals surface area contributed by atoms with E-state index in [1.54, 1.807) is 18.2 Å². The van der Waals surface area contributed by atoms with Gasteiger partial charge in [-0.25, -0.2) is 0 Å². The van der Waals surface area contributed by atoms with E-state index in [-0.39, 0.29) is 30.4 Å². The van der Waals surface area contributed by atoms with E-state index in [1.165, 1.54) is 19.2 Å². The minimum absolute atomic E-state index is 0.0790. The van der Waals surface area contributed by atoms with Crippen molar-refractivity contribution in [1.29, 1.82) is 0 Å². The molecule has 0 atom stereocenters. The number of ether oxygens (including phenoxy) is 3. The Bertz CT molecular complexity index is 1250. The molecular weight excluding hydrogens is 432 g/mol. The van der Waals surface area contributed by atoms with Crippen molar-refractivity contribution in [1.82, 2.24) is 5.32 Å². The Morgan fingerprint density at radius 1 is 0.970 bits per heavy atom. The van der Waals surface area contributed by atoms with Gasteiger partial charge in [-0.1, -0.05) is 36.4 Å². The highest BCUT2D eigenvalue weighted by atomic mass is 19.3. The normalized spacial score (nSPS) is 10.9. The fourth-order valence-corrected chi connectivity index (χ4v) is 3.27. The molecule has 33 heavy (non-hydrogen) atoms. The third-order valence-electron chi connectivity index (χ3n) is 4.88. The van der Waals surface area contributed by atoms with Crippen molar-refractivity contribution < 1.29 is 32.2 Å². The highest BCUT2D eigenvalue weighted by molar-refractivity contribution is 5.91. The third kappa shape index (κ3) is 5.60. The van der Waals surface area contributed by atoms with Crippen LogP contribution in [0.25, 0.3) is 10.8 Å². The number of rotatable bonds is 9. The number of amides is 1. The van der Waals surface area contributed by atoms with Gasteiger partial charge in [0.05, 0.1) is 7.11 Å². The van der Waals surface area contributed by atoms with Crippen LogP contribution in [0.2, 0.25) is 0 Å². The van der Waals surface area contributed by atoms with Gasteiger partial charge in [0.25, 0.3) is 5.91 Å². The van der Waals surface area contributed by atoms with Gasteiger partial charge >= 0.3 is 6.61 Å². The van der Waals surface area contributed by atoms with Crippen LogP contribution in [0.4, 0.5) is 8.78 Å². The first-order valence-corrected chi connectivity index (χ1v) is 10.1. The maximum absolute atomic E-state index is 12.4. The molecule has 3 aromatic carbocycles. The van der Waals surface area contributed by atoms with Gasteiger partial charge in [-0.2, -0.15) is 8.78 Å². The van der Waals surface area contributed by atoms with Crippen LogP contribution in [0.5, 0.6) is 17.2 Å². The van der Waals surface area contributed by atoms with Gasteiger partial charge < -0.3 is 23.9 Å². The molecule has 0 aliphatic carbocycles. The lowest BCUT2D eigenvalue weighted by atomic mass is 10.1. The number of carbonyl (C=O) groups is 1. The summed E-state index contributed by atoms with van der Waals surface area (Å²) in [5, 5.41) is 4.91. The van der Waals surface area contributed by atoms with Crippen LogP contribution in [0.3, 0.4) is 0 Å². The van der Waals surface area contributed by atoms with E-state index in [0.717, 1.165) is 10.8 Å². The first-order chi connectivity index (χ1) is 16.0. The van der Waals surface area contributed by atoms with Gasteiger partial charge in [0.15, 0.2) is 17.3 Å². The topological polar surface area (TPSA) is 69.9 Å². The summed E-state index contributed by atoms with van der Waals surface area (Å²) in [6.45, 7) is -2.63. The molecule has 0 saturated carbocycles. The first kappa shape index (κ1) is 22.1. The number of hydrogen-bond donors (Lipinski definition) is 1. The number of furan rings is 1. The van der Waals surface area contributed by atoms with Crippen molar-refractivity contribution in [2.45, 2.75) is 19.8 Å². The molecule has 0 aliphatic rings. The van der Waals surface area contributed by atoms with Gasteiger partial charge in [0, 0.05) is 6.54 Å². The van der Waals surface area contributed by atoms with Gasteiger partial charge in [-0.15, -0.1) is 0 Å². The van der Waals surface area contributed by atoms with Crippen molar-refractivity contribution in [2.75, 3.05) is 7.11 Å². The molecule has 1 amide bonds. The zero-order chi connectivity index (χ0) is 23.2. The van der Waals surface area contributed by atoms with E-state index in [9.17, 15) is 13.6 Å². The Morgan fingerprint density at radius 2 is 1.79 bits per heavy atom. The van der Waals surface area contributed by atoms with E-state index >= 15 is 0 Å². The number of methoxy groups -OCH3 is 1. The van der Waals surface area contributed by atoms with E-state index in [4.69, 9.17) is 13.9 Å². The smallest absolute Gasteiger partial charge is 0.387 e. The molecule has 4 rings (SSSR count). The van der Waals surface area contributed by atoms with E-state index in [1.807, 2.05) is 42.5 Å². The van der Waals surface area contributed by atoms with E-state index in [2.05, 4.69) is 10.1 Å². The highest BCUT2D eigenvalue weighted by Gasteiger charge is 2.14. The molecule has 1 N–H and O–H groups in total. The molecule has 1 aromatic heterocycles. The zero-order valence-corrected chi connectivity index (χ0v) is 17.7. The maximum atomic E-state index is 12.4. The molecule has 0 radical (unpaired) electrons. The Morgan fingerprint density at radius 3 is 2.58 bits per heavy atom. The summed E-state index contributed by atoms with van der Waals surface area (Å²) in [6.07, 6.45) is 0. The van der Waals surface area contributed by atoms with Crippen LogP contribution < -0.4 is 19.5 Å². The van der Waals surface area contributed by atoms with Crippen molar-refractivity contribution in [3.8, 4) is 17.2 Å². The second-order valence-corrected chi connectivity index (χ2v) is 7.11. The number of halogens is 2. The molecule has 0 saturated heterocycles. The highest BCUT2D eigenvalue weighted by Crippen LogP contribution is 2.29. The Labute approximate surface area is 188 Å². The Hall–Kier alpha value is -4.07. The van der Waals surface area contributed by atoms with Crippen LogP contribution >= 0.6 is 0 Å². The maximum Gasteiger partial charge on any atom is 0.387 e. The summed E-state index contributed by atoms with van der Waals surface area (Å²) < 4.78 is 45.7. The SMILES string of the molecule is COc1cc(CNC(=O)c2ccc(COc3ccc4ccccc4c3)o2)ccc1OC(F)F. The fraction of sp³-hybridized carbons (Fsp3) is 0.160. The van der Waals surface area contributed by atoms with Crippen LogP contribution in [0.1, 0.15) is 21.9 Å². The summed E-state index contributed by atoms with van der Waals surface area (Å²) in [4.78, 5) is 12.4. The van der Waals surface area contributed by atoms with Crippen LogP contribution in [0.15, 0.2) is 77.2 Å². The number of benzene rings is 3. The number of alkyl halides is 2. The standard InChI is InChI=1S/C25H21F2NO5/c1-30-23-12-16(6-10-21(23)33-25(26)27)14-28-24(29)22-11-9-20(32-22)15-31-19-8-7-17-4-2-3-5-18(17)13-19/h2-13,25H,14-15H2,1H3,(H,28,29). The molecule has 0 spiro atoms. The minimum atomic E-state index is -2.96. The average Bonchev–Trinajstić information content (AvgIpc) is 3.30. The molecule has 4 aromatic rings. The average molecular weight is 453 g/mol. The molecule has 170 valence electrons. The molecule has 0 bridgehead atoms. The van der Waals surface area contributed by atoms with Crippen molar-refractivity contribution >= 4 is 16.7 Å². The fourth-order valence-electron chi connectivity index (χ4n) is 3.27. The van der Waals surface area contributed by atoms with Crippen LogP contribution in [0, 0.1) is 0 Å². The lowest BCUT2D eigenvalue weighted by Gasteiger charge is -2.11. The van der Waals surface area contributed by atoms with E-state index < -0.39 is 12.5 Å². The van der Waals surface area contributed by atoms with Crippen molar-refractivity contribution in [2.24, 2.45) is 0 Å². The summed E-state index contributed by atoms with van der Waals surface area (Å²) in [5.74, 6) is 0.987. The molecule has 8 heteroatoms. The second-order valence-electron chi connectivity index (χ2n) is 7.11. The number of nitrogens with one attached hydrogen (secondary N) is 1. The summed E-state index contributed by atoms with van der Waals surface area (Å²) >= 11 is 0. The summed E-state index contributed by atoms with van der Waals surface area (Å²) in [5.41, 5.74) is 0.647. The predicted molar refractivity (Wildman–Crippen MR) is 118 cm³/mol. The van der Waals surface area contributed by atoms with Crippen LogP contribution in [-0.4, -0.2) is 19.6 Å². The first-order valence-electron chi connectivity index (χ1n) is 10.1. The Balaban J connectivity index is 1.33. The lowest BCUT2D eigenvalue weighted by Crippen LogP contribution is -2.22. The molecule has 0 unspecified atom stereocenters. The van der Waals surface area contributed by atoms with Gasteiger partial charge in [0.1, 0.15) is 18.1 Å². The second kappa shape index (κ2) is 10.0. The van der Waals surface area contributed by atoms with Gasteiger partial charge in [0.2, 0.25) is 0 Å². The summed E-state index contributed by atoms with van der Waals surface area (Å²) in [7, 11) is 1.35. The molecule has 0 fully saturated rings. The monoisotopic (exact) mass is 453 g/mol. The molecule has 6 nitrogen and oxygen atoms in total. The lowest BCUT2D eigenvalue weighted by molar-refractivity contribution is -0.0512. The quantitative estimate of drug-likeness (QED) is 0.360. The number of carbonyl (C=O) groups excluding carboxylic acids is 1. The van der Waals surface area contributed by atoms with Crippen LogP contribution in [-0.2, 0) is 13.2 Å². The van der Waals surface area contributed by atoms with Gasteiger partial charge in [-0.05, 0) is 52.7 Å². The van der Waals surface area contributed by atoms with Gasteiger partial charge in [-0.3, -0.25) is 4.79 Å². The zero-order valence-electron chi connectivity index (χ0n) is 17.7. The third-order valence-corrected chi connectivity index (χ3v) is 4.88. The van der Waals surface area contributed by atoms with E-state index in [0.29, 0.717) is 17.1 Å². The summed E-state index contributed by atoms with van der Waals surface area (Å²) in [6, 6.07) is 21.5. The number of fused-ring (bicyclic) bond motifs is 1. The largest absolute Gasteiger partial charge is 0.493 e. The minimum Gasteiger partial charge on any atom is -0.493 e. The molecule has 0 aliphatic heterocycles. The molecule has 1 heterocycles.